The van der Waals surface area contributed by atoms with E-state index in [9.17, 15) is 0 Å². The highest BCUT2D eigenvalue weighted by Crippen LogP contribution is 2.56. The van der Waals surface area contributed by atoms with Crippen molar-refractivity contribution in [3.8, 4) is 12.0 Å². The van der Waals surface area contributed by atoms with Gasteiger partial charge in [-0.1, -0.05) is 6.92 Å². The molecule has 1 aliphatic carbocycles. The van der Waals surface area contributed by atoms with Crippen LogP contribution in [0.5, 0.6) is 0 Å². The van der Waals surface area contributed by atoms with E-state index in [-0.39, 0.29) is 0 Å². The van der Waals surface area contributed by atoms with Crippen LogP contribution in [0.4, 0.5) is 0 Å². The van der Waals surface area contributed by atoms with Crippen LogP contribution in [0.3, 0.4) is 0 Å². The van der Waals surface area contributed by atoms with Crippen LogP contribution in [-0.4, -0.2) is 29.2 Å². The van der Waals surface area contributed by atoms with Crippen molar-refractivity contribution in [3.05, 3.63) is 0 Å². The number of rotatable bonds is 0. The fourth-order valence-electron chi connectivity index (χ4n) is 2.02. The van der Waals surface area contributed by atoms with Crippen LogP contribution in [0.25, 0.3) is 0 Å². The van der Waals surface area contributed by atoms with Gasteiger partial charge in [-0.3, -0.25) is 0 Å². The molecule has 0 amide bonds. The van der Waals surface area contributed by atoms with Gasteiger partial charge in [-0.15, -0.1) is 0 Å². The third-order valence-electron chi connectivity index (χ3n) is 2.96. The molecule has 2 heteroatoms. The summed E-state index contributed by atoms with van der Waals surface area (Å²) in [5, 5.41) is 8.95. The largest absolute Gasteiger partial charge is 0.381 e. The maximum absolute atomic E-state index is 8.95. The molecule has 66 valence electrons. The smallest absolute Gasteiger partial charge is 0.113 e. The summed E-state index contributed by atoms with van der Waals surface area (Å²) in [6.45, 7) is 6.22. The van der Waals surface area contributed by atoms with Gasteiger partial charge in [-0.05, 0) is 30.6 Å². The van der Waals surface area contributed by atoms with Crippen LogP contribution in [0.2, 0.25) is 0 Å². The first-order valence-corrected chi connectivity index (χ1v) is 4.54. The Morgan fingerprint density at radius 1 is 1.67 bits per heavy atom. The first kappa shape index (κ1) is 7.94. The lowest BCUT2D eigenvalue weighted by molar-refractivity contribution is 0.252. The van der Waals surface area contributed by atoms with E-state index < -0.39 is 6.10 Å². The van der Waals surface area contributed by atoms with Gasteiger partial charge in [0.25, 0.3) is 0 Å². The van der Waals surface area contributed by atoms with Crippen LogP contribution in [-0.2, 0) is 0 Å². The molecule has 1 N–H and O–H groups in total. The number of fused-ring (bicyclic) bond motifs is 1. The molecule has 2 rings (SSSR count). The van der Waals surface area contributed by atoms with Gasteiger partial charge in [-0.25, -0.2) is 0 Å². The lowest BCUT2D eigenvalue weighted by Crippen LogP contribution is -2.19. The van der Waals surface area contributed by atoms with E-state index in [0.29, 0.717) is 5.41 Å². The molecule has 1 saturated heterocycles. The zero-order valence-corrected chi connectivity index (χ0v) is 7.67. The van der Waals surface area contributed by atoms with E-state index >= 15 is 0 Å². The third-order valence-corrected chi connectivity index (χ3v) is 2.96. The minimum atomic E-state index is -0.491. The number of piperidine rings is 1. The summed E-state index contributed by atoms with van der Waals surface area (Å²) in [4.78, 5) is 2.14. The minimum absolute atomic E-state index is 0.491. The predicted octanol–water partition coefficient (Wildman–Crippen LogP) is 0.670. The topological polar surface area (TPSA) is 23.5 Å². The highest BCUT2D eigenvalue weighted by atomic mass is 16.3. The first-order valence-electron chi connectivity index (χ1n) is 4.54. The Labute approximate surface area is 73.6 Å². The predicted molar refractivity (Wildman–Crippen MR) is 47.2 cm³/mol. The maximum atomic E-state index is 8.95. The molecule has 0 bridgehead atoms. The molecule has 1 saturated carbocycles. The SMILES string of the molecule is CC(O)C#CN1CC2CC2(C)C1. The van der Waals surface area contributed by atoms with E-state index in [1.807, 2.05) is 0 Å². The van der Waals surface area contributed by atoms with E-state index in [1.165, 1.54) is 6.42 Å². The van der Waals surface area contributed by atoms with Gasteiger partial charge in [0.15, 0.2) is 0 Å². The molecule has 12 heavy (non-hydrogen) atoms. The minimum Gasteiger partial charge on any atom is -0.381 e. The van der Waals surface area contributed by atoms with Crippen molar-refractivity contribution in [1.82, 2.24) is 4.90 Å². The molecule has 0 aromatic heterocycles. The molecule has 3 atom stereocenters. The van der Waals surface area contributed by atoms with Crippen molar-refractivity contribution in [3.63, 3.8) is 0 Å². The highest BCUT2D eigenvalue weighted by Gasteiger charge is 2.55. The molecular formula is C10H15NO. The first-order chi connectivity index (χ1) is 5.60. The quantitative estimate of drug-likeness (QED) is 0.533. The normalized spacial score (nSPS) is 39.9. The van der Waals surface area contributed by atoms with Crippen molar-refractivity contribution in [2.24, 2.45) is 11.3 Å². The van der Waals surface area contributed by atoms with E-state index in [1.54, 1.807) is 6.92 Å². The van der Waals surface area contributed by atoms with Gasteiger partial charge in [0.1, 0.15) is 6.10 Å². The molecule has 0 aromatic carbocycles. The number of aliphatic hydroxyl groups is 1. The van der Waals surface area contributed by atoms with E-state index in [2.05, 4.69) is 23.8 Å². The molecule has 1 heterocycles. The number of hydrogen-bond donors (Lipinski definition) is 1. The summed E-state index contributed by atoms with van der Waals surface area (Å²) < 4.78 is 0. The van der Waals surface area contributed by atoms with Gasteiger partial charge in [0.05, 0.1) is 0 Å². The molecule has 0 aromatic rings. The second-order valence-corrected chi connectivity index (χ2v) is 4.37. The number of likely N-dealkylation sites (tertiary alicyclic amines) is 1. The molecular weight excluding hydrogens is 150 g/mol. The second kappa shape index (κ2) is 2.40. The molecule has 2 aliphatic rings. The summed E-state index contributed by atoms with van der Waals surface area (Å²) in [6, 6.07) is 3.00. The van der Waals surface area contributed by atoms with Crippen molar-refractivity contribution >= 4 is 0 Å². The average molecular weight is 165 g/mol. The average Bonchev–Trinajstić information content (AvgIpc) is 2.47. The Hall–Kier alpha value is -0.680. The van der Waals surface area contributed by atoms with Crippen molar-refractivity contribution in [2.45, 2.75) is 26.4 Å². The number of aliphatic hydroxyl groups excluding tert-OH is 1. The molecule has 3 unspecified atom stereocenters. The van der Waals surface area contributed by atoms with Crippen molar-refractivity contribution in [1.29, 1.82) is 0 Å². The monoisotopic (exact) mass is 165 g/mol. The highest BCUT2D eigenvalue weighted by molar-refractivity contribution is 5.14. The Balaban J connectivity index is 1.91. The lowest BCUT2D eigenvalue weighted by atomic mass is 10.1. The lowest BCUT2D eigenvalue weighted by Gasteiger charge is -2.12. The van der Waals surface area contributed by atoms with Crippen LogP contribution in [0.1, 0.15) is 20.3 Å². The standard InChI is InChI=1S/C10H15NO/c1-8(12)3-4-11-6-9-5-10(9,2)7-11/h8-9,12H,5-7H2,1-2H3. The van der Waals surface area contributed by atoms with Crippen molar-refractivity contribution < 1.29 is 5.11 Å². The molecule has 2 nitrogen and oxygen atoms in total. The Morgan fingerprint density at radius 3 is 2.92 bits per heavy atom. The fraction of sp³-hybridized carbons (Fsp3) is 0.800. The fourth-order valence-corrected chi connectivity index (χ4v) is 2.02. The van der Waals surface area contributed by atoms with E-state index in [4.69, 9.17) is 5.11 Å². The number of hydrogen-bond acceptors (Lipinski definition) is 2. The van der Waals surface area contributed by atoms with Crippen LogP contribution in [0.15, 0.2) is 0 Å². The summed E-state index contributed by atoms with van der Waals surface area (Å²) in [6.07, 6.45) is 0.884. The van der Waals surface area contributed by atoms with E-state index in [0.717, 1.165) is 19.0 Å². The molecule has 0 radical (unpaired) electrons. The Kier molecular flexibility index (Phi) is 1.59. The van der Waals surface area contributed by atoms with Crippen molar-refractivity contribution in [2.75, 3.05) is 13.1 Å². The van der Waals surface area contributed by atoms with Gasteiger partial charge >= 0.3 is 0 Å². The van der Waals surface area contributed by atoms with Crippen LogP contribution in [0, 0.1) is 23.3 Å². The van der Waals surface area contributed by atoms with Gasteiger partial charge in [0.2, 0.25) is 0 Å². The second-order valence-electron chi connectivity index (χ2n) is 4.37. The summed E-state index contributed by atoms with van der Waals surface area (Å²) >= 11 is 0. The summed E-state index contributed by atoms with van der Waals surface area (Å²) in [5.74, 6) is 3.65. The molecule has 0 spiro atoms. The maximum Gasteiger partial charge on any atom is 0.113 e. The van der Waals surface area contributed by atoms with Crippen LogP contribution < -0.4 is 0 Å². The van der Waals surface area contributed by atoms with Gasteiger partial charge in [-0.2, -0.15) is 0 Å². The van der Waals surface area contributed by atoms with Gasteiger partial charge < -0.3 is 10.0 Å². The molecule has 1 aliphatic heterocycles. The zero-order valence-electron chi connectivity index (χ0n) is 7.67. The van der Waals surface area contributed by atoms with Gasteiger partial charge in [0, 0.05) is 19.1 Å². The summed E-state index contributed by atoms with van der Waals surface area (Å²) in [5.41, 5.74) is 0.563. The Morgan fingerprint density at radius 2 is 2.42 bits per heavy atom. The molecule has 2 fully saturated rings. The zero-order chi connectivity index (χ0) is 8.77. The third kappa shape index (κ3) is 1.30. The Bertz CT molecular complexity index is 250. The van der Waals surface area contributed by atoms with Crippen LogP contribution >= 0.6 is 0 Å². The number of nitrogens with zero attached hydrogens (tertiary/aromatic N) is 1. The summed E-state index contributed by atoms with van der Waals surface area (Å²) in [7, 11) is 0.